The average Bonchev–Trinajstić information content (AvgIpc) is 3.17. The molecule has 1 saturated carbocycles. The lowest BCUT2D eigenvalue weighted by Crippen LogP contribution is -2.19. The van der Waals surface area contributed by atoms with E-state index in [1.165, 1.54) is 12.8 Å². The first-order valence-electron chi connectivity index (χ1n) is 6.85. The van der Waals surface area contributed by atoms with Crippen LogP contribution in [0.1, 0.15) is 41.7 Å². The lowest BCUT2D eigenvalue weighted by Gasteiger charge is -2.20. The monoisotopic (exact) mass is 291 g/mol. The molecule has 0 unspecified atom stereocenters. The van der Waals surface area contributed by atoms with Gasteiger partial charge in [-0.2, -0.15) is 0 Å². The molecule has 1 fully saturated rings. The molecule has 2 aromatic rings. The Morgan fingerprint density at radius 3 is 2.65 bits per heavy atom. The van der Waals surface area contributed by atoms with Crippen LogP contribution in [0.25, 0.3) is 0 Å². The highest BCUT2D eigenvalue weighted by molar-refractivity contribution is 6.30. The SMILES string of the molecule is Cc1ccc(CN(C)c2nc(C3CC3)nc(Cl)c2C)o1. The van der Waals surface area contributed by atoms with Gasteiger partial charge in [0.2, 0.25) is 0 Å². The van der Waals surface area contributed by atoms with E-state index in [0.29, 0.717) is 17.6 Å². The van der Waals surface area contributed by atoms with Gasteiger partial charge in [-0.3, -0.25) is 0 Å². The van der Waals surface area contributed by atoms with Crippen molar-refractivity contribution in [3.8, 4) is 0 Å². The summed E-state index contributed by atoms with van der Waals surface area (Å²) in [6, 6.07) is 3.96. The van der Waals surface area contributed by atoms with Crippen molar-refractivity contribution in [2.45, 2.75) is 39.2 Å². The maximum absolute atomic E-state index is 6.24. The van der Waals surface area contributed by atoms with Gasteiger partial charge >= 0.3 is 0 Å². The molecule has 20 heavy (non-hydrogen) atoms. The standard InChI is InChI=1S/C15H18ClN3O/c1-9-4-7-12(20-9)8-19(3)15-10(2)13(16)17-14(18-15)11-5-6-11/h4,7,11H,5-6,8H2,1-3H3. The van der Waals surface area contributed by atoms with Crippen molar-refractivity contribution in [3.05, 3.63) is 40.2 Å². The summed E-state index contributed by atoms with van der Waals surface area (Å²) in [5, 5.41) is 0.555. The Morgan fingerprint density at radius 1 is 1.30 bits per heavy atom. The fourth-order valence-corrected chi connectivity index (χ4v) is 2.44. The van der Waals surface area contributed by atoms with E-state index < -0.39 is 0 Å². The summed E-state index contributed by atoms with van der Waals surface area (Å²) in [5.74, 6) is 4.10. The highest BCUT2D eigenvalue weighted by Crippen LogP contribution is 2.39. The normalized spacial score (nSPS) is 14.6. The fourth-order valence-electron chi connectivity index (χ4n) is 2.27. The molecule has 3 rings (SSSR count). The number of aromatic nitrogens is 2. The number of furan rings is 1. The van der Waals surface area contributed by atoms with E-state index >= 15 is 0 Å². The summed E-state index contributed by atoms with van der Waals surface area (Å²) in [4.78, 5) is 11.1. The van der Waals surface area contributed by atoms with Crippen LogP contribution in [0, 0.1) is 13.8 Å². The van der Waals surface area contributed by atoms with Gasteiger partial charge in [-0.25, -0.2) is 9.97 Å². The maximum atomic E-state index is 6.24. The van der Waals surface area contributed by atoms with Crippen molar-refractivity contribution in [1.29, 1.82) is 0 Å². The van der Waals surface area contributed by atoms with Crippen molar-refractivity contribution in [2.75, 3.05) is 11.9 Å². The van der Waals surface area contributed by atoms with E-state index in [1.54, 1.807) is 0 Å². The van der Waals surface area contributed by atoms with Gasteiger partial charge < -0.3 is 9.32 Å². The third kappa shape index (κ3) is 2.66. The molecule has 0 radical (unpaired) electrons. The molecule has 0 aliphatic heterocycles. The Hall–Kier alpha value is -1.55. The average molecular weight is 292 g/mol. The Morgan fingerprint density at radius 2 is 2.05 bits per heavy atom. The third-order valence-corrected chi connectivity index (χ3v) is 3.94. The first kappa shape index (κ1) is 13.4. The molecule has 0 atom stereocenters. The molecule has 0 saturated heterocycles. The molecule has 2 aromatic heterocycles. The van der Waals surface area contributed by atoms with Crippen LogP contribution in [0.4, 0.5) is 5.82 Å². The molecule has 4 nitrogen and oxygen atoms in total. The van der Waals surface area contributed by atoms with Crippen LogP contribution in [0.5, 0.6) is 0 Å². The number of halogens is 1. The zero-order valence-corrected chi connectivity index (χ0v) is 12.7. The van der Waals surface area contributed by atoms with Crippen molar-refractivity contribution >= 4 is 17.4 Å². The van der Waals surface area contributed by atoms with Gasteiger partial charge in [-0.15, -0.1) is 0 Å². The zero-order chi connectivity index (χ0) is 14.3. The van der Waals surface area contributed by atoms with Crippen LogP contribution in [0.3, 0.4) is 0 Å². The number of hydrogen-bond acceptors (Lipinski definition) is 4. The Labute approximate surface area is 123 Å². The van der Waals surface area contributed by atoms with Gasteiger partial charge in [0.15, 0.2) is 0 Å². The smallest absolute Gasteiger partial charge is 0.137 e. The molecule has 1 aliphatic rings. The summed E-state index contributed by atoms with van der Waals surface area (Å²) in [6.45, 7) is 4.58. The van der Waals surface area contributed by atoms with Crippen molar-refractivity contribution in [1.82, 2.24) is 9.97 Å². The van der Waals surface area contributed by atoms with E-state index in [9.17, 15) is 0 Å². The molecule has 106 valence electrons. The van der Waals surface area contributed by atoms with Crippen LogP contribution in [-0.4, -0.2) is 17.0 Å². The molecule has 0 aromatic carbocycles. The molecule has 5 heteroatoms. The molecule has 0 N–H and O–H groups in total. The second-order valence-electron chi connectivity index (χ2n) is 5.46. The van der Waals surface area contributed by atoms with Gasteiger partial charge in [0.05, 0.1) is 6.54 Å². The van der Waals surface area contributed by atoms with E-state index in [-0.39, 0.29) is 0 Å². The van der Waals surface area contributed by atoms with Crippen LogP contribution in [-0.2, 0) is 6.54 Å². The van der Waals surface area contributed by atoms with E-state index in [1.807, 2.05) is 33.0 Å². The number of aryl methyl sites for hydroxylation is 1. The number of nitrogens with zero attached hydrogens (tertiary/aromatic N) is 3. The van der Waals surface area contributed by atoms with E-state index in [0.717, 1.165) is 28.7 Å². The van der Waals surface area contributed by atoms with Crippen LogP contribution in [0.15, 0.2) is 16.5 Å². The minimum Gasteiger partial charge on any atom is -0.464 e. The molecular weight excluding hydrogens is 274 g/mol. The second-order valence-corrected chi connectivity index (χ2v) is 5.82. The highest BCUT2D eigenvalue weighted by Gasteiger charge is 2.28. The molecule has 0 bridgehead atoms. The number of hydrogen-bond donors (Lipinski definition) is 0. The lowest BCUT2D eigenvalue weighted by atomic mass is 10.3. The molecular formula is C15H18ClN3O. The largest absolute Gasteiger partial charge is 0.464 e. The van der Waals surface area contributed by atoms with Crippen LogP contribution in [0.2, 0.25) is 5.15 Å². The van der Waals surface area contributed by atoms with Crippen LogP contribution >= 0.6 is 11.6 Å². The summed E-state index contributed by atoms with van der Waals surface area (Å²) in [5.41, 5.74) is 0.918. The third-order valence-electron chi connectivity index (χ3n) is 3.57. The molecule has 0 amide bonds. The predicted molar refractivity (Wildman–Crippen MR) is 79.3 cm³/mol. The fraction of sp³-hybridized carbons (Fsp3) is 0.467. The summed E-state index contributed by atoms with van der Waals surface area (Å²) in [6.07, 6.45) is 2.33. The Balaban J connectivity index is 1.87. The molecule has 2 heterocycles. The summed E-state index contributed by atoms with van der Waals surface area (Å²) >= 11 is 6.24. The number of rotatable bonds is 4. The topological polar surface area (TPSA) is 42.2 Å². The lowest BCUT2D eigenvalue weighted by molar-refractivity contribution is 0.481. The summed E-state index contributed by atoms with van der Waals surface area (Å²) < 4.78 is 5.62. The summed E-state index contributed by atoms with van der Waals surface area (Å²) in [7, 11) is 2.00. The van der Waals surface area contributed by atoms with Gasteiger partial charge in [0, 0.05) is 18.5 Å². The van der Waals surface area contributed by atoms with Crippen molar-refractivity contribution < 1.29 is 4.42 Å². The second kappa shape index (κ2) is 5.09. The Bertz CT molecular complexity index is 634. The Kier molecular flexibility index (Phi) is 3.42. The minimum atomic E-state index is 0.492. The quantitative estimate of drug-likeness (QED) is 0.802. The van der Waals surface area contributed by atoms with Crippen molar-refractivity contribution in [3.63, 3.8) is 0 Å². The predicted octanol–water partition coefficient (Wildman–Crippen LogP) is 3.85. The van der Waals surface area contributed by atoms with Gasteiger partial charge in [0.1, 0.15) is 28.3 Å². The molecule has 1 aliphatic carbocycles. The maximum Gasteiger partial charge on any atom is 0.137 e. The number of anilines is 1. The van der Waals surface area contributed by atoms with Gasteiger partial charge in [-0.1, -0.05) is 11.6 Å². The van der Waals surface area contributed by atoms with E-state index in [4.69, 9.17) is 16.0 Å². The van der Waals surface area contributed by atoms with E-state index in [2.05, 4.69) is 14.9 Å². The highest BCUT2D eigenvalue weighted by atomic mass is 35.5. The minimum absolute atomic E-state index is 0.492. The zero-order valence-electron chi connectivity index (χ0n) is 12.0. The molecule has 0 spiro atoms. The first-order chi connectivity index (χ1) is 9.54. The van der Waals surface area contributed by atoms with Crippen molar-refractivity contribution in [2.24, 2.45) is 0 Å². The first-order valence-corrected chi connectivity index (χ1v) is 7.23. The van der Waals surface area contributed by atoms with Crippen LogP contribution < -0.4 is 4.90 Å². The van der Waals surface area contributed by atoms with Gasteiger partial charge in [-0.05, 0) is 38.8 Å². The van der Waals surface area contributed by atoms with Gasteiger partial charge in [0.25, 0.3) is 0 Å².